The maximum Gasteiger partial charge on any atom is -0.00216 e. The molecule has 0 bridgehead atoms. The summed E-state index contributed by atoms with van der Waals surface area (Å²) in [5.41, 5.74) is 0. The first-order chi connectivity index (χ1) is 4.85. The zero-order valence-corrected chi connectivity index (χ0v) is 7.69. The van der Waals surface area contributed by atoms with E-state index in [4.69, 9.17) is 0 Å². The van der Waals surface area contributed by atoms with Crippen LogP contribution in [-0.2, 0) is 0 Å². The van der Waals surface area contributed by atoms with Gasteiger partial charge < -0.3 is 4.90 Å². The van der Waals surface area contributed by atoms with Gasteiger partial charge in [-0.05, 0) is 26.1 Å². The van der Waals surface area contributed by atoms with Crippen molar-refractivity contribution in [3.05, 3.63) is 13.2 Å². The van der Waals surface area contributed by atoms with Gasteiger partial charge in [0.2, 0.25) is 0 Å². The summed E-state index contributed by atoms with van der Waals surface area (Å²) in [5, 5.41) is 0. The molecule has 0 N–H and O–H groups in total. The van der Waals surface area contributed by atoms with Gasteiger partial charge in [-0.1, -0.05) is 20.8 Å². The SMILES string of the molecule is C=C.CCCN(CC)CC. The summed E-state index contributed by atoms with van der Waals surface area (Å²) in [4.78, 5) is 2.43. The van der Waals surface area contributed by atoms with Crippen LogP contribution in [-0.4, -0.2) is 24.5 Å². The lowest BCUT2D eigenvalue weighted by molar-refractivity contribution is 0.304. The minimum absolute atomic E-state index is 1.20. The van der Waals surface area contributed by atoms with Crippen molar-refractivity contribution in [3.8, 4) is 0 Å². The fourth-order valence-electron chi connectivity index (χ4n) is 0.856. The highest BCUT2D eigenvalue weighted by Crippen LogP contribution is 1.87. The Hall–Kier alpha value is -0.300. The van der Waals surface area contributed by atoms with E-state index in [1.54, 1.807) is 0 Å². The van der Waals surface area contributed by atoms with Gasteiger partial charge in [-0.3, -0.25) is 0 Å². The molecule has 0 aliphatic carbocycles. The third-order valence-corrected chi connectivity index (χ3v) is 1.43. The number of hydrogen-bond donors (Lipinski definition) is 0. The van der Waals surface area contributed by atoms with Gasteiger partial charge in [0.15, 0.2) is 0 Å². The van der Waals surface area contributed by atoms with Crippen molar-refractivity contribution in [2.75, 3.05) is 19.6 Å². The monoisotopic (exact) mass is 143 g/mol. The number of hydrogen-bond acceptors (Lipinski definition) is 1. The lowest BCUT2D eigenvalue weighted by Crippen LogP contribution is -2.23. The van der Waals surface area contributed by atoms with E-state index in [1.165, 1.54) is 26.1 Å². The largest absolute Gasteiger partial charge is 0.304 e. The van der Waals surface area contributed by atoms with Crippen LogP contribution in [0.2, 0.25) is 0 Å². The molecular weight excluding hydrogens is 122 g/mol. The van der Waals surface area contributed by atoms with E-state index in [2.05, 4.69) is 38.8 Å². The van der Waals surface area contributed by atoms with Crippen LogP contribution >= 0.6 is 0 Å². The van der Waals surface area contributed by atoms with Gasteiger partial charge in [0.05, 0.1) is 0 Å². The fourth-order valence-corrected chi connectivity index (χ4v) is 0.856. The normalized spacial score (nSPS) is 8.80. The average molecular weight is 143 g/mol. The lowest BCUT2D eigenvalue weighted by atomic mass is 10.4. The van der Waals surface area contributed by atoms with Gasteiger partial charge >= 0.3 is 0 Å². The van der Waals surface area contributed by atoms with Crippen molar-refractivity contribution in [3.63, 3.8) is 0 Å². The Kier molecular flexibility index (Phi) is 14.2. The van der Waals surface area contributed by atoms with E-state index in [0.29, 0.717) is 0 Å². The van der Waals surface area contributed by atoms with E-state index in [9.17, 15) is 0 Å². The Morgan fingerprint density at radius 2 is 1.40 bits per heavy atom. The Balaban J connectivity index is 0. The highest BCUT2D eigenvalue weighted by Gasteiger charge is 1.92. The van der Waals surface area contributed by atoms with E-state index >= 15 is 0 Å². The van der Waals surface area contributed by atoms with Gasteiger partial charge in [-0.25, -0.2) is 0 Å². The molecule has 0 rings (SSSR count). The maximum absolute atomic E-state index is 3.00. The second kappa shape index (κ2) is 11.5. The molecule has 0 aromatic rings. The molecule has 0 aliphatic heterocycles. The van der Waals surface area contributed by atoms with Crippen LogP contribution in [0.4, 0.5) is 0 Å². The zero-order chi connectivity index (χ0) is 8.41. The van der Waals surface area contributed by atoms with Gasteiger partial charge in [0.25, 0.3) is 0 Å². The Morgan fingerprint density at radius 1 is 1.00 bits per heavy atom. The summed E-state index contributed by atoms with van der Waals surface area (Å²) < 4.78 is 0. The molecule has 0 radical (unpaired) electrons. The topological polar surface area (TPSA) is 3.24 Å². The first kappa shape index (κ1) is 12.4. The third-order valence-electron chi connectivity index (χ3n) is 1.43. The molecule has 0 heterocycles. The van der Waals surface area contributed by atoms with Crippen molar-refractivity contribution >= 4 is 0 Å². The van der Waals surface area contributed by atoms with Crippen molar-refractivity contribution in [2.24, 2.45) is 0 Å². The molecule has 0 saturated heterocycles. The molecule has 0 aliphatic rings. The second-order valence-electron chi connectivity index (χ2n) is 2.03. The summed E-state index contributed by atoms with van der Waals surface area (Å²) in [6.45, 7) is 16.3. The molecule has 0 atom stereocenters. The fraction of sp³-hybridized carbons (Fsp3) is 0.778. The van der Waals surface area contributed by atoms with Crippen LogP contribution in [0.5, 0.6) is 0 Å². The van der Waals surface area contributed by atoms with Gasteiger partial charge in [0.1, 0.15) is 0 Å². The third kappa shape index (κ3) is 7.70. The minimum Gasteiger partial charge on any atom is -0.304 e. The van der Waals surface area contributed by atoms with E-state index in [0.717, 1.165) is 0 Å². The van der Waals surface area contributed by atoms with Crippen LogP contribution in [0.1, 0.15) is 27.2 Å². The standard InChI is InChI=1S/C7H17N.C2H4/c1-4-7-8(5-2)6-3;1-2/h4-7H2,1-3H3;1-2H2. The predicted octanol–water partition coefficient (Wildman–Crippen LogP) is 2.54. The summed E-state index contributed by atoms with van der Waals surface area (Å²) in [5.74, 6) is 0. The highest BCUT2D eigenvalue weighted by molar-refractivity contribution is 4.47. The van der Waals surface area contributed by atoms with Crippen molar-refractivity contribution in [1.29, 1.82) is 0 Å². The molecule has 1 heteroatoms. The van der Waals surface area contributed by atoms with Crippen LogP contribution in [0, 0.1) is 0 Å². The molecule has 0 amide bonds. The van der Waals surface area contributed by atoms with E-state index in [-0.39, 0.29) is 0 Å². The first-order valence-electron chi connectivity index (χ1n) is 4.07. The quantitative estimate of drug-likeness (QED) is 0.547. The van der Waals surface area contributed by atoms with Crippen LogP contribution < -0.4 is 0 Å². The Morgan fingerprint density at radius 3 is 1.50 bits per heavy atom. The van der Waals surface area contributed by atoms with Crippen LogP contribution in [0.15, 0.2) is 13.2 Å². The van der Waals surface area contributed by atoms with Crippen LogP contribution in [0.25, 0.3) is 0 Å². The van der Waals surface area contributed by atoms with Crippen molar-refractivity contribution in [2.45, 2.75) is 27.2 Å². The summed E-state index contributed by atoms with van der Waals surface area (Å²) >= 11 is 0. The lowest BCUT2D eigenvalue weighted by Gasteiger charge is -2.15. The molecular formula is C9H21N. The maximum atomic E-state index is 3.00. The minimum atomic E-state index is 1.20. The van der Waals surface area contributed by atoms with Crippen molar-refractivity contribution < 1.29 is 0 Å². The Bertz CT molecular complexity index is 48.7. The molecule has 0 spiro atoms. The number of nitrogens with zero attached hydrogens (tertiary/aromatic N) is 1. The second-order valence-corrected chi connectivity index (χ2v) is 2.03. The summed E-state index contributed by atoms with van der Waals surface area (Å²) in [6.07, 6.45) is 1.28. The Labute approximate surface area is 65.7 Å². The zero-order valence-electron chi connectivity index (χ0n) is 7.69. The summed E-state index contributed by atoms with van der Waals surface area (Å²) in [6, 6.07) is 0. The molecule has 62 valence electrons. The van der Waals surface area contributed by atoms with Gasteiger partial charge in [-0.2, -0.15) is 0 Å². The van der Waals surface area contributed by atoms with E-state index in [1.807, 2.05) is 0 Å². The predicted molar refractivity (Wildman–Crippen MR) is 49.3 cm³/mol. The van der Waals surface area contributed by atoms with Gasteiger partial charge in [0, 0.05) is 0 Å². The molecule has 0 fully saturated rings. The molecule has 0 aromatic carbocycles. The molecule has 1 nitrogen and oxygen atoms in total. The summed E-state index contributed by atoms with van der Waals surface area (Å²) in [7, 11) is 0. The number of rotatable bonds is 4. The average Bonchev–Trinajstić information content (AvgIpc) is 2.04. The first-order valence-corrected chi connectivity index (χ1v) is 4.07. The van der Waals surface area contributed by atoms with Crippen molar-refractivity contribution in [1.82, 2.24) is 4.90 Å². The molecule has 0 saturated carbocycles. The molecule has 10 heavy (non-hydrogen) atoms. The van der Waals surface area contributed by atoms with E-state index < -0.39 is 0 Å². The van der Waals surface area contributed by atoms with Crippen LogP contribution in [0.3, 0.4) is 0 Å². The highest BCUT2D eigenvalue weighted by atomic mass is 15.1. The molecule has 0 aromatic heterocycles. The molecule has 0 unspecified atom stereocenters. The smallest absolute Gasteiger partial charge is 0.00216 e. The van der Waals surface area contributed by atoms with Gasteiger partial charge in [-0.15, -0.1) is 13.2 Å².